The first-order valence-corrected chi connectivity index (χ1v) is 8.74. The van der Waals surface area contributed by atoms with Gasteiger partial charge in [-0.05, 0) is 61.1 Å². The van der Waals surface area contributed by atoms with Gasteiger partial charge in [0.05, 0.1) is 4.90 Å². The molecule has 5 heteroatoms. The largest absolute Gasteiger partial charge is 0.396 e. The second-order valence-electron chi connectivity index (χ2n) is 6.15. The maximum absolute atomic E-state index is 12.1. The van der Waals surface area contributed by atoms with Crippen molar-refractivity contribution in [2.45, 2.75) is 42.9 Å². The van der Waals surface area contributed by atoms with E-state index in [1.54, 1.807) is 12.1 Å². The highest BCUT2D eigenvalue weighted by Crippen LogP contribution is 2.47. The first kappa shape index (κ1) is 14.0. The zero-order valence-corrected chi connectivity index (χ0v) is 12.3. The lowest BCUT2D eigenvalue weighted by molar-refractivity contribution is 0.204. The van der Waals surface area contributed by atoms with Gasteiger partial charge in [-0.15, -0.1) is 0 Å². The van der Waals surface area contributed by atoms with Gasteiger partial charge in [0.1, 0.15) is 0 Å². The molecule has 1 aromatic rings. The van der Waals surface area contributed by atoms with E-state index in [0.717, 1.165) is 12.8 Å². The van der Waals surface area contributed by atoms with Crippen LogP contribution in [0.25, 0.3) is 0 Å². The molecule has 0 aliphatic heterocycles. The maximum atomic E-state index is 12.1. The standard InChI is InChI=1S/C15H21NO3S/c17-11-15(7-8-15)9-10-16-20(18,19)14-5-3-13(4-6-14)12-1-2-12/h3-6,12,16-17H,1-2,7-11H2. The quantitative estimate of drug-likeness (QED) is 0.808. The van der Waals surface area contributed by atoms with Gasteiger partial charge >= 0.3 is 0 Å². The molecule has 0 saturated heterocycles. The Morgan fingerprint density at radius 2 is 1.85 bits per heavy atom. The first-order chi connectivity index (χ1) is 9.55. The molecule has 3 rings (SSSR count). The number of rotatable bonds is 7. The van der Waals surface area contributed by atoms with Crippen molar-refractivity contribution in [2.24, 2.45) is 5.41 Å². The third-order valence-corrected chi connectivity index (χ3v) is 5.96. The Kier molecular flexibility index (Phi) is 3.60. The van der Waals surface area contributed by atoms with Gasteiger partial charge in [-0.1, -0.05) is 12.1 Å². The minimum Gasteiger partial charge on any atom is -0.396 e. The fraction of sp³-hybridized carbons (Fsp3) is 0.600. The SMILES string of the molecule is O=S(=O)(NCCC1(CO)CC1)c1ccc(C2CC2)cc1. The van der Waals surface area contributed by atoms with Crippen molar-refractivity contribution >= 4 is 10.0 Å². The van der Waals surface area contributed by atoms with Crippen LogP contribution in [0.4, 0.5) is 0 Å². The summed E-state index contributed by atoms with van der Waals surface area (Å²) in [5.41, 5.74) is 1.22. The van der Waals surface area contributed by atoms with Gasteiger partial charge in [0.25, 0.3) is 0 Å². The van der Waals surface area contributed by atoms with Crippen LogP contribution in [-0.4, -0.2) is 26.7 Å². The van der Waals surface area contributed by atoms with E-state index in [2.05, 4.69) is 4.72 Å². The molecule has 2 fully saturated rings. The highest BCUT2D eigenvalue weighted by molar-refractivity contribution is 7.89. The lowest BCUT2D eigenvalue weighted by Gasteiger charge is -2.12. The van der Waals surface area contributed by atoms with Gasteiger partial charge < -0.3 is 5.11 Å². The summed E-state index contributed by atoms with van der Waals surface area (Å²) in [4.78, 5) is 0.329. The van der Waals surface area contributed by atoms with Crippen molar-refractivity contribution in [1.29, 1.82) is 0 Å². The molecular formula is C15H21NO3S. The summed E-state index contributed by atoms with van der Waals surface area (Å²) in [6.07, 6.45) is 5.15. The van der Waals surface area contributed by atoms with E-state index >= 15 is 0 Å². The number of benzene rings is 1. The van der Waals surface area contributed by atoms with E-state index in [1.165, 1.54) is 18.4 Å². The fourth-order valence-corrected chi connectivity index (χ4v) is 3.57. The highest BCUT2D eigenvalue weighted by Gasteiger charge is 2.41. The van der Waals surface area contributed by atoms with Crippen LogP contribution >= 0.6 is 0 Å². The van der Waals surface area contributed by atoms with E-state index in [1.807, 2.05) is 12.1 Å². The van der Waals surface area contributed by atoms with Crippen molar-refractivity contribution in [3.8, 4) is 0 Å². The number of hydrogen-bond donors (Lipinski definition) is 2. The van der Waals surface area contributed by atoms with Gasteiger partial charge in [-0.25, -0.2) is 13.1 Å². The number of nitrogens with one attached hydrogen (secondary N) is 1. The van der Waals surface area contributed by atoms with E-state index in [-0.39, 0.29) is 12.0 Å². The number of sulfonamides is 1. The van der Waals surface area contributed by atoms with Crippen LogP contribution in [0.2, 0.25) is 0 Å². The molecule has 0 amide bonds. The molecule has 0 heterocycles. The summed E-state index contributed by atoms with van der Waals surface area (Å²) in [6, 6.07) is 7.22. The molecule has 20 heavy (non-hydrogen) atoms. The average molecular weight is 295 g/mol. The van der Waals surface area contributed by atoms with Crippen LogP contribution in [0.15, 0.2) is 29.2 Å². The van der Waals surface area contributed by atoms with Gasteiger partial charge in [0.2, 0.25) is 10.0 Å². The second kappa shape index (κ2) is 5.13. The molecule has 4 nitrogen and oxygen atoms in total. The van der Waals surface area contributed by atoms with Gasteiger partial charge in [0.15, 0.2) is 0 Å². The second-order valence-corrected chi connectivity index (χ2v) is 7.92. The molecule has 0 spiro atoms. The van der Waals surface area contributed by atoms with E-state index < -0.39 is 10.0 Å². The minimum atomic E-state index is -3.42. The lowest BCUT2D eigenvalue weighted by Crippen LogP contribution is -2.27. The van der Waals surface area contributed by atoms with Gasteiger partial charge in [0, 0.05) is 13.2 Å². The predicted octanol–water partition coefficient (Wildman–Crippen LogP) is 2.00. The molecule has 1 aromatic carbocycles. The van der Waals surface area contributed by atoms with Crippen LogP contribution < -0.4 is 4.72 Å². The van der Waals surface area contributed by atoms with Gasteiger partial charge in [-0.3, -0.25) is 0 Å². The third-order valence-electron chi connectivity index (χ3n) is 4.48. The Balaban J connectivity index is 1.59. The molecule has 0 atom stereocenters. The van der Waals surface area contributed by atoms with Crippen LogP contribution in [-0.2, 0) is 10.0 Å². The summed E-state index contributed by atoms with van der Waals surface area (Å²) < 4.78 is 26.9. The van der Waals surface area contributed by atoms with Crippen LogP contribution in [0.5, 0.6) is 0 Å². The zero-order valence-electron chi connectivity index (χ0n) is 11.5. The molecule has 2 aliphatic carbocycles. The minimum absolute atomic E-state index is 0.0155. The monoisotopic (exact) mass is 295 g/mol. The summed E-state index contributed by atoms with van der Waals surface area (Å²) in [6.45, 7) is 0.554. The Labute approximate surface area is 120 Å². The number of hydrogen-bond acceptors (Lipinski definition) is 3. The summed E-state index contributed by atoms with van der Waals surface area (Å²) in [5, 5.41) is 9.21. The average Bonchev–Trinajstić information content (AvgIpc) is 3.33. The van der Waals surface area contributed by atoms with Crippen LogP contribution in [0.1, 0.15) is 43.6 Å². The molecule has 0 radical (unpaired) electrons. The summed E-state index contributed by atoms with van der Waals surface area (Å²) in [7, 11) is -3.42. The highest BCUT2D eigenvalue weighted by atomic mass is 32.2. The topological polar surface area (TPSA) is 66.4 Å². The van der Waals surface area contributed by atoms with E-state index in [4.69, 9.17) is 0 Å². The Bertz CT molecular complexity index is 572. The van der Waals surface area contributed by atoms with Crippen molar-refractivity contribution in [1.82, 2.24) is 4.72 Å². The molecule has 2 aliphatic rings. The molecule has 0 bridgehead atoms. The third kappa shape index (κ3) is 3.05. The molecule has 2 N–H and O–H groups in total. The van der Waals surface area contributed by atoms with E-state index in [0.29, 0.717) is 23.8 Å². The normalized spacial score (nSPS) is 20.9. The van der Waals surface area contributed by atoms with Crippen molar-refractivity contribution in [3.05, 3.63) is 29.8 Å². The Morgan fingerprint density at radius 3 is 2.35 bits per heavy atom. The summed E-state index contributed by atoms with van der Waals surface area (Å²) >= 11 is 0. The summed E-state index contributed by atoms with van der Waals surface area (Å²) in [5.74, 6) is 0.638. The number of aliphatic hydroxyl groups excluding tert-OH is 1. The van der Waals surface area contributed by atoms with Gasteiger partial charge in [-0.2, -0.15) is 0 Å². The maximum Gasteiger partial charge on any atom is 0.240 e. The molecule has 2 saturated carbocycles. The zero-order chi connectivity index (χ0) is 14.2. The Hall–Kier alpha value is -0.910. The predicted molar refractivity (Wildman–Crippen MR) is 77.0 cm³/mol. The van der Waals surface area contributed by atoms with Crippen LogP contribution in [0, 0.1) is 5.41 Å². The molecular weight excluding hydrogens is 274 g/mol. The number of aliphatic hydroxyl groups is 1. The first-order valence-electron chi connectivity index (χ1n) is 7.25. The lowest BCUT2D eigenvalue weighted by atomic mass is 10.1. The smallest absolute Gasteiger partial charge is 0.240 e. The van der Waals surface area contributed by atoms with Crippen molar-refractivity contribution in [2.75, 3.05) is 13.2 Å². The Morgan fingerprint density at radius 1 is 1.20 bits per heavy atom. The fourth-order valence-electron chi connectivity index (χ4n) is 2.53. The molecule has 110 valence electrons. The van der Waals surface area contributed by atoms with Crippen molar-refractivity contribution < 1.29 is 13.5 Å². The van der Waals surface area contributed by atoms with E-state index in [9.17, 15) is 13.5 Å². The van der Waals surface area contributed by atoms with Crippen LogP contribution in [0.3, 0.4) is 0 Å². The molecule has 0 unspecified atom stereocenters. The molecule has 0 aromatic heterocycles. The van der Waals surface area contributed by atoms with Crippen molar-refractivity contribution in [3.63, 3.8) is 0 Å².